The molecule has 0 aliphatic carbocycles. The molecule has 0 bridgehead atoms. The quantitative estimate of drug-likeness (QED) is 0.577. The molecule has 0 fully saturated rings. The summed E-state index contributed by atoms with van der Waals surface area (Å²) >= 11 is 0.297. The van der Waals surface area contributed by atoms with Gasteiger partial charge in [-0.15, -0.1) is 0 Å². The summed E-state index contributed by atoms with van der Waals surface area (Å²) in [6, 6.07) is 0. The summed E-state index contributed by atoms with van der Waals surface area (Å²) in [6.45, 7) is 0. The number of carboxylic acid groups (broad SMARTS) is 1. The predicted molar refractivity (Wildman–Crippen MR) is 24.1 cm³/mol. The zero-order valence-corrected chi connectivity index (χ0v) is 5.18. The third-order valence-corrected chi connectivity index (χ3v) is 1.39. The topological polar surface area (TPSA) is 37.3 Å². The van der Waals surface area contributed by atoms with Crippen molar-refractivity contribution in [2.24, 2.45) is 0 Å². The number of carboxylic acids is 1. The first-order valence-electron chi connectivity index (χ1n) is 1.48. The van der Waals surface area contributed by atoms with E-state index in [2.05, 4.69) is 0 Å². The van der Waals surface area contributed by atoms with Crippen LogP contribution >= 0.6 is 0 Å². The average molecular weight is 153 g/mol. The van der Waals surface area contributed by atoms with E-state index in [4.69, 9.17) is 5.11 Å². The SMILES string of the molecule is C[Se]CC(=O)O. The summed E-state index contributed by atoms with van der Waals surface area (Å²) in [7, 11) is 0. The third kappa shape index (κ3) is 3.99. The average Bonchev–Trinajstić information content (AvgIpc) is 1.35. The first-order valence-corrected chi connectivity index (χ1v) is 4.40. The molecule has 6 heavy (non-hydrogen) atoms. The van der Waals surface area contributed by atoms with Crippen LogP contribution in [0.15, 0.2) is 0 Å². The molecular weight excluding hydrogens is 147 g/mol. The van der Waals surface area contributed by atoms with Crippen LogP contribution in [0.3, 0.4) is 0 Å². The van der Waals surface area contributed by atoms with Gasteiger partial charge >= 0.3 is 42.0 Å². The van der Waals surface area contributed by atoms with Gasteiger partial charge in [-0.1, -0.05) is 0 Å². The standard InChI is InChI=1S/C3H6O2Se/c1-6-2-3(4)5/h2H2,1H3,(H,4,5). The van der Waals surface area contributed by atoms with Crippen LogP contribution in [0.1, 0.15) is 0 Å². The molecule has 0 aromatic carbocycles. The summed E-state index contributed by atoms with van der Waals surface area (Å²) in [5.41, 5.74) is 0. The van der Waals surface area contributed by atoms with Crippen LogP contribution in [-0.2, 0) is 4.79 Å². The van der Waals surface area contributed by atoms with Crippen LogP contribution < -0.4 is 0 Å². The number of aliphatic carboxylic acids is 1. The van der Waals surface area contributed by atoms with Crippen LogP contribution in [-0.4, -0.2) is 26.0 Å². The van der Waals surface area contributed by atoms with E-state index < -0.39 is 5.97 Å². The van der Waals surface area contributed by atoms with Gasteiger partial charge in [0.1, 0.15) is 0 Å². The van der Waals surface area contributed by atoms with Crippen LogP contribution in [0.4, 0.5) is 0 Å². The van der Waals surface area contributed by atoms with E-state index in [9.17, 15) is 4.79 Å². The van der Waals surface area contributed by atoms with Crippen molar-refractivity contribution in [3.05, 3.63) is 0 Å². The molecule has 1 N–H and O–H groups in total. The van der Waals surface area contributed by atoms with Gasteiger partial charge in [0.15, 0.2) is 0 Å². The van der Waals surface area contributed by atoms with E-state index in [-0.39, 0.29) is 0 Å². The number of hydrogen-bond donors (Lipinski definition) is 1. The molecule has 0 radical (unpaired) electrons. The van der Waals surface area contributed by atoms with Crippen LogP contribution in [0.25, 0.3) is 0 Å². The summed E-state index contributed by atoms with van der Waals surface area (Å²) in [5, 5.41) is 8.28. The Morgan fingerprint density at radius 1 is 2.00 bits per heavy atom. The zero-order chi connectivity index (χ0) is 4.99. The fourth-order valence-electron chi connectivity index (χ4n) is 0.123. The van der Waals surface area contributed by atoms with Gasteiger partial charge in [-0.25, -0.2) is 0 Å². The molecule has 2 nitrogen and oxygen atoms in total. The van der Waals surface area contributed by atoms with Gasteiger partial charge in [-0.3, -0.25) is 0 Å². The molecule has 0 aliphatic heterocycles. The maximum absolute atomic E-state index is 9.61. The van der Waals surface area contributed by atoms with E-state index >= 15 is 0 Å². The molecule has 0 atom stereocenters. The van der Waals surface area contributed by atoms with Crippen LogP contribution in [0.2, 0.25) is 11.1 Å². The zero-order valence-electron chi connectivity index (χ0n) is 3.47. The van der Waals surface area contributed by atoms with Gasteiger partial charge in [-0.2, -0.15) is 0 Å². The number of rotatable bonds is 2. The van der Waals surface area contributed by atoms with Gasteiger partial charge in [0.2, 0.25) is 0 Å². The molecule has 0 unspecified atom stereocenters. The Hall–Kier alpha value is -0.0105. The van der Waals surface area contributed by atoms with Crippen LogP contribution in [0.5, 0.6) is 0 Å². The first kappa shape index (κ1) is 5.99. The minimum absolute atomic E-state index is 0.297. The molecule has 0 saturated heterocycles. The Morgan fingerprint density at radius 3 is 2.50 bits per heavy atom. The first-order chi connectivity index (χ1) is 2.77. The molecule has 0 aromatic heterocycles. The minimum atomic E-state index is -0.683. The second-order valence-electron chi connectivity index (χ2n) is 0.827. The predicted octanol–water partition coefficient (Wildman–Crippen LogP) is 0.242. The number of carbonyl (C=O) groups is 1. The molecule has 3 heteroatoms. The van der Waals surface area contributed by atoms with Crippen molar-refractivity contribution in [2.75, 3.05) is 0 Å². The summed E-state index contributed by atoms with van der Waals surface area (Å²) in [5.74, 6) is 1.22. The fourth-order valence-corrected chi connectivity index (χ4v) is 0.642. The molecule has 36 valence electrons. The summed E-state index contributed by atoms with van der Waals surface area (Å²) in [4.78, 5) is 9.61. The molecule has 0 rings (SSSR count). The monoisotopic (exact) mass is 154 g/mol. The maximum atomic E-state index is 9.61. The van der Waals surface area contributed by atoms with E-state index in [1.54, 1.807) is 0 Å². The Morgan fingerprint density at radius 2 is 2.50 bits per heavy atom. The van der Waals surface area contributed by atoms with Crippen molar-refractivity contribution in [3.8, 4) is 0 Å². The van der Waals surface area contributed by atoms with Crippen molar-refractivity contribution >= 4 is 20.9 Å². The number of hydrogen-bond acceptors (Lipinski definition) is 1. The van der Waals surface area contributed by atoms with Crippen molar-refractivity contribution < 1.29 is 9.90 Å². The van der Waals surface area contributed by atoms with Crippen molar-refractivity contribution in [3.63, 3.8) is 0 Å². The molecule has 0 amide bonds. The molecule has 0 heterocycles. The van der Waals surface area contributed by atoms with Crippen molar-refractivity contribution in [1.82, 2.24) is 0 Å². The molecule has 0 spiro atoms. The van der Waals surface area contributed by atoms with Crippen molar-refractivity contribution in [2.45, 2.75) is 11.1 Å². The normalized spacial score (nSPS) is 8.17. The van der Waals surface area contributed by atoms with Gasteiger partial charge in [0.05, 0.1) is 0 Å². The van der Waals surface area contributed by atoms with Gasteiger partial charge in [0, 0.05) is 0 Å². The fraction of sp³-hybridized carbons (Fsp3) is 0.667. The van der Waals surface area contributed by atoms with Gasteiger partial charge < -0.3 is 0 Å². The van der Waals surface area contributed by atoms with Crippen LogP contribution in [0, 0.1) is 0 Å². The summed E-state index contributed by atoms with van der Waals surface area (Å²) in [6.07, 6.45) is 0. The van der Waals surface area contributed by atoms with E-state index in [0.29, 0.717) is 20.3 Å². The molecule has 0 saturated carbocycles. The van der Waals surface area contributed by atoms with Gasteiger partial charge in [0.25, 0.3) is 0 Å². The van der Waals surface area contributed by atoms with E-state index in [0.717, 1.165) is 0 Å². The third-order valence-electron chi connectivity index (χ3n) is 0.268. The Balaban J connectivity index is 2.83. The second kappa shape index (κ2) is 3.19. The Kier molecular flexibility index (Phi) is 3.18. The molecular formula is C3H6O2Se. The summed E-state index contributed by atoms with van der Waals surface area (Å²) < 4.78 is 0. The van der Waals surface area contributed by atoms with E-state index in [1.807, 2.05) is 5.82 Å². The molecule has 0 aliphatic rings. The van der Waals surface area contributed by atoms with Gasteiger partial charge in [-0.05, 0) is 0 Å². The van der Waals surface area contributed by atoms with Crippen molar-refractivity contribution in [1.29, 1.82) is 0 Å². The van der Waals surface area contributed by atoms with E-state index in [1.165, 1.54) is 0 Å². The Labute approximate surface area is 42.7 Å². The molecule has 0 aromatic rings. The second-order valence-corrected chi connectivity index (χ2v) is 2.64. The Bertz CT molecular complexity index is 52.8.